The van der Waals surface area contributed by atoms with Gasteiger partial charge in [-0.3, -0.25) is 14.4 Å². The summed E-state index contributed by atoms with van der Waals surface area (Å²) in [5, 5.41) is 18.2. The summed E-state index contributed by atoms with van der Waals surface area (Å²) in [4.78, 5) is 52.8. The van der Waals surface area contributed by atoms with Gasteiger partial charge < -0.3 is 31.8 Å². The van der Waals surface area contributed by atoms with Gasteiger partial charge in [-0.05, 0) is 29.9 Å². The molecule has 0 radical (unpaired) electrons. The first kappa shape index (κ1) is 27.8. The lowest BCUT2D eigenvalue weighted by Gasteiger charge is -2.24. The number of carbonyl (C=O) groups is 4. The van der Waals surface area contributed by atoms with Crippen LogP contribution in [0.5, 0.6) is 0 Å². The highest BCUT2D eigenvalue weighted by atomic mass is 16.4. The molecular weight excluding hydrogens is 450 g/mol. The molecule has 2 aromatic rings. The van der Waals surface area contributed by atoms with Gasteiger partial charge in [-0.25, -0.2) is 4.79 Å². The lowest BCUT2D eigenvalue weighted by Crippen LogP contribution is -2.55. The number of carbonyl (C=O) groups excluding carboxylic acids is 3. The van der Waals surface area contributed by atoms with Gasteiger partial charge in [0.25, 0.3) is 0 Å². The number of fused-ring (bicyclic) bond motifs is 1. The van der Waals surface area contributed by atoms with Gasteiger partial charge in [0.05, 0.1) is 12.6 Å². The van der Waals surface area contributed by atoms with Crippen molar-refractivity contribution in [1.82, 2.24) is 20.9 Å². The normalized spacial score (nSPS) is 14.7. The summed E-state index contributed by atoms with van der Waals surface area (Å²) in [5.74, 6) is -2.86. The Hall–Kier alpha value is -3.40. The molecule has 0 fully saturated rings. The van der Waals surface area contributed by atoms with Crippen molar-refractivity contribution in [2.45, 2.75) is 65.1 Å². The SMILES string of the molecule is CCC(C)C(NC(=O)C(Cc1c[nH]c2ccccc12)NC(=O)CNC(=O)C(N)CC(C)C)C(=O)O. The highest BCUT2D eigenvalue weighted by molar-refractivity contribution is 5.93. The summed E-state index contributed by atoms with van der Waals surface area (Å²) >= 11 is 0. The molecule has 1 aromatic heterocycles. The number of hydrogen-bond donors (Lipinski definition) is 6. The number of aromatic amines is 1. The minimum absolute atomic E-state index is 0.134. The predicted molar refractivity (Wildman–Crippen MR) is 133 cm³/mol. The third-order valence-electron chi connectivity index (χ3n) is 6.01. The van der Waals surface area contributed by atoms with Crippen LogP contribution in [0, 0.1) is 11.8 Å². The molecule has 0 saturated carbocycles. The molecule has 192 valence electrons. The summed E-state index contributed by atoms with van der Waals surface area (Å²) < 4.78 is 0. The van der Waals surface area contributed by atoms with Gasteiger partial charge in [0, 0.05) is 23.5 Å². The Morgan fingerprint density at radius 1 is 1.06 bits per heavy atom. The number of hydrogen-bond acceptors (Lipinski definition) is 5. The Kier molecular flexibility index (Phi) is 10.3. The first-order chi connectivity index (χ1) is 16.5. The molecule has 1 heterocycles. The molecule has 3 amide bonds. The molecule has 0 aliphatic heterocycles. The summed E-state index contributed by atoms with van der Waals surface area (Å²) in [6.07, 6.45) is 2.92. The summed E-state index contributed by atoms with van der Waals surface area (Å²) in [7, 11) is 0. The van der Waals surface area contributed by atoms with E-state index in [2.05, 4.69) is 20.9 Å². The monoisotopic (exact) mass is 487 g/mol. The standard InChI is InChI=1S/C25H37N5O5/c1-5-15(4)22(25(34)35)30-24(33)20(11-16-12-27-19-9-7-6-8-17(16)19)29-21(31)13-28-23(32)18(26)10-14(2)3/h6-9,12,14-15,18,20,22,27H,5,10-11,13,26H2,1-4H3,(H,28,32)(H,29,31)(H,30,33)(H,34,35). The predicted octanol–water partition coefficient (Wildman–Crippen LogP) is 1.30. The fourth-order valence-electron chi connectivity index (χ4n) is 3.83. The van der Waals surface area contributed by atoms with Crippen LogP contribution in [0.4, 0.5) is 0 Å². The molecule has 4 atom stereocenters. The number of amides is 3. The number of nitrogens with two attached hydrogens (primary N) is 1. The molecule has 0 aliphatic rings. The second-order valence-corrected chi connectivity index (χ2v) is 9.35. The van der Waals surface area contributed by atoms with Gasteiger partial charge in [0.1, 0.15) is 12.1 Å². The van der Waals surface area contributed by atoms with Crippen molar-refractivity contribution in [2.75, 3.05) is 6.54 Å². The number of carboxylic acids is 1. The van der Waals surface area contributed by atoms with E-state index in [0.29, 0.717) is 12.8 Å². The van der Waals surface area contributed by atoms with Crippen LogP contribution in [-0.2, 0) is 25.6 Å². The molecule has 35 heavy (non-hydrogen) atoms. The molecule has 7 N–H and O–H groups in total. The Balaban J connectivity index is 2.16. The van der Waals surface area contributed by atoms with Crippen molar-refractivity contribution in [3.05, 3.63) is 36.0 Å². The smallest absolute Gasteiger partial charge is 0.326 e. The van der Waals surface area contributed by atoms with E-state index in [-0.39, 0.29) is 24.8 Å². The quantitative estimate of drug-likeness (QED) is 0.249. The number of para-hydroxylation sites is 1. The molecule has 1 aromatic carbocycles. The number of nitrogens with one attached hydrogen (secondary N) is 4. The Bertz CT molecular complexity index is 1030. The van der Waals surface area contributed by atoms with Crippen molar-refractivity contribution >= 4 is 34.6 Å². The van der Waals surface area contributed by atoms with Gasteiger partial charge in [-0.1, -0.05) is 52.3 Å². The van der Waals surface area contributed by atoms with Crippen LogP contribution in [0.2, 0.25) is 0 Å². The lowest BCUT2D eigenvalue weighted by molar-refractivity contribution is -0.143. The van der Waals surface area contributed by atoms with E-state index in [0.717, 1.165) is 16.5 Å². The van der Waals surface area contributed by atoms with Gasteiger partial charge in [0.15, 0.2) is 0 Å². The maximum absolute atomic E-state index is 13.1. The third kappa shape index (κ3) is 8.10. The average Bonchev–Trinajstić information content (AvgIpc) is 3.22. The minimum Gasteiger partial charge on any atom is -0.480 e. The van der Waals surface area contributed by atoms with Crippen LogP contribution in [0.25, 0.3) is 10.9 Å². The van der Waals surface area contributed by atoms with Crippen molar-refractivity contribution in [3.63, 3.8) is 0 Å². The van der Waals surface area contributed by atoms with Crippen molar-refractivity contribution in [1.29, 1.82) is 0 Å². The lowest BCUT2D eigenvalue weighted by atomic mass is 9.98. The summed E-state index contributed by atoms with van der Waals surface area (Å²) in [5.41, 5.74) is 7.52. The van der Waals surface area contributed by atoms with Crippen LogP contribution in [0.15, 0.2) is 30.5 Å². The van der Waals surface area contributed by atoms with Gasteiger partial charge in [0.2, 0.25) is 17.7 Å². The zero-order valence-corrected chi connectivity index (χ0v) is 20.8. The van der Waals surface area contributed by atoms with E-state index in [1.807, 2.05) is 45.0 Å². The maximum Gasteiger partial charge on any atom is 0.326 e. The highest BCUT2D eigenvalue weighted by Gasteiger charge is 2.30. The highest BCUT2D eigenvalue weighted by Crippen LogP contribution is 2.19. The molecule has 0 spiro atoms. The molecule has 0 saturated heterocycles. The summed E-state index contributed by atoms with van der Waals surface area (Å²) in [6.45, 7) is 7.11. The fourth-order valence-corrected chi connectivity index (χ4v) is 3.83. The number of H-pyrrole nitrogens is 1. The fraction of sp³-hybridized carbons (Fsp3) is 0.520. The zero-order valence-electron chi connectivity index (χ0n) is 20.8. The summed E-state index contributed by atoms with van der Waals surface area (Å²) in [6, 6.07) is 4.66. The van der Waals surface area contributed by atoms with Gasteiger partial charge in [-0.15, -0.1) is 0 Å². The zero-order chi connectivity index (χ0) is 26.1. The van der Waals surface area contributed by atoms with E-state index < -0.39 is 41.8 Å². The molecule has 0 bridgehead atoms. The van der Waals surface area contributed by atoms with Crippen LogP contribution < -0.4 is 21.7 Å². The van der Waals surface area contributed by atoms with E-state index >= 15 is 0 Å². The Labute approximate surface area is 205 Å². The van der Waals surface area contributed by atoms with Crippen LogP contribution in [-0.4, -0.2) is 58.5 Å². The van der Waals surface area contributed by atoms with Crippen molar-refractivity contribution in [2.24, 2.45) is 17.6 Å². The molecule has 4 unspecified atom stereocenters. The molecule has 10 heteroatoms. The first-order valence-electron chi connectivity index (χ1n) is 11.9. The molecule has 2 rings (SSSR count). The number of rotatable bonds is 13. The van der Waals surface area contributed by atoms with Gasteiger partial charge >= 0.3 is 5.97 Å². The average molecular weight is 488 g/mol. The van der Waals surface area contributed by atoms with Gasteiger partial charge in [-0.2, -0.15) is 0 Å². The maximum atomic E-state index is 13.1. The Morgan fingerprint density at radius 3 is 2.37 bits per heavy atom. The van der Waals surface area contributed by atoms with E-state index in [1.54, 1.807) is 13.1 Å². The largest absolute Gasteiger partial charge is 0.480 e. The van der Waals surface area contributed by atoms with Crippen LogP contribution in [0.3, 0.4) is 0 Å². The third-order valence-corrected chi connectivity index (χ3v) is 6.01. The Morgan fingerprint density at radius 2 is 1.74 bits per heavy atom. The molecule has 0 aliphatic carbocycles. The minimum atomic E-state index is -1.14. The second kappa shape index (κ2) is 12.9. The number of aliphatic carboxylic acids is 1. The van der Waals surface area contributed by atoms with Crippen LogP contribution in [0.1, 0.15) is 46.1 Å². The number of benzene rings is 1. The van der Waals surface area contributed by atoms with Crippen molar-refractivity contribution in [3.8, 4) is 0 Å². The first-order valence-corrected chi connectivity index (χ1v) is 11.9. The van der Waals surface area contributed by atoms with Crippen LogP contribution >= 0.6 is 0 Å². The number of aromatic nitrogens is 1. The van der Waals surface area contributed by atoms with E-state index in [9.17, 15) is 24.3 Å². The second-order valence-electron chi connectivity index (χ2n) is 9.35. The van der Waals surface area contributed by atoms with E-state index in [1.165, 1.54) is 0 Å². The van der Waals surface area contributed by atoms with Crippen molar-refractivity contribution < 1.29 is 24.3 Å². The number of carboxylic acid groups (broad SMARTS) is 1. The molecule has 10 nitrogen and oxygen atoms in total. The topological polar surface area (TPSA) is 166 Å². The van der Waals surface area contributed by atoms with E-state index in [4.69, 9.17) is 5.73 Å². The molecular formula is C25H37N5O5.